The van der Waals surface area contributed by atoms with E-state index < -0.39 is 5.97 Å². The van der Waals surface area contributed by atoms with E-state index in [9.17, 15) is 19.2 Å². The van der Waals surface area contributed by atoms with E-state index in [1.165, 1.54) is 4.90 Å². The van der Waals surface area contributed by atoms with Crippen LogP contribution in [-0.2, 0) is 30.3 Å². The minimum absolute atomic E-state index is 0.0320. The number of likely N-dealkylation sites (tertiary alicyclic amines) is 1. The van der Waals surface area contributed by atoms with Gasteiger partial charge in [-0.3, -0.25) is 24.1 Å². The number of benzene rings is 1. The lowest BCUT2D eigenvalue weighted by Gasteiger charge is -2.29. The van der Waals surface area contributed by atoms with Crippen molar-refractivity contribution in [3.8, 4) is 0 Å². The molecule has 0 spiro atoms. The monoisotopic (exact) mass is 398 g/mol. The Bertz CT molecular complexity index is 812. The molecule has 7 heteroatoms. The second-order valence-electron chi connectivity index (χ2n) is 8.01. The van der Waals surface area contributed by atoms with Gasteiger partial charge >= 0.3 is 5.97 Å². The first-order valence-electron chi connectivity index (χ1n) is 10.5. The summed E-state index contributed by atoms with van der Waals surface area (Å²) in [5, 5.41) is 0. The van der Waals surface area contributed by atoms with Crippen LogP contribution in [0.25, 0.3) is 0 Å². The molecule has 0 radical (unpaired) electrons. The predicted molar refractivity (Wildman–Crippen MR) is 105 cm³/mol. The summed E-state index contributed by atoms with van der Waals surface area (Å²) < 4.78 is 5.14. The molecule has 2 atom stereocenters. The van der Waals surface area contributed by atoms with Crippen LogP contribution in [0.5, 0.6) is 0 Å². The van der Waals surface area contributed by atoms with Gasteiger partial charge in [-0.05, 0) is 37.3 Å². The third-order valence-corrected chi connectivity index (χ3v) is 6.24. The topological polar surface area (TPSA) is 84.0 Å². The molecule has 1 saturated carbocycles. The summed E-state index contributed by atoms with van der Waals surface area (Å²) in [5.41, 5.74) is 1.99. The highest BCUT2D eigenvalue weighted by Gasteiger charge is 2.47. The summed E-state index contributed by atoms with van der Waals surface area (Å²) >= 11 is 0. The number of ether oxygens (including phenoxy) is 1. The number of imide groups is 1. The molecular weight excluding hydrogens is 372 g/mol. The summed E-state index contributed by atoms with van der Waals surface area (Å²) in [7, 11) is 0. The number of fused-ring (bicyclic) bond motifs is 2. The van der Waals surface area contributed by atoms with Gasteiger partial charge in [0.1, 0.15) is 0 Å². The zero-order valence-corrected chi connectivity index (χ0v) is 16.5. The first-order chi connectivity index (χ1) is 14.1. The molecule has 2 aliphatic heterocycles. The molecule has 7 nitrogen and oxygen atoms in total. The van der Waals surface area contributed by atoms with Gasteiger partial charge in [-0.15, -0.1) is 0 Å². The molecule has 1 aromatic rings. The Morgan fingerprint density at radius 1 is 1.00 bits per heavy atom. The largest absolute Gasteiger partial charge is 0.455 e. The molecular formula is C22H26N2O5. The van der Waals surface area contributed by atoms with Crippen LogP contribution in [0.4, 0.5) is 5.69 Å². The van der Waals surface area contributed by atoms with Gasteiger partial charge in [0.25, 0.3) is 5.91 Å². The van der Waals surface area contributed by atoms with Crippen molar-refractivity contribution in [1.82, 2.24) is 4.90 Å². The first-order valence-corrected chi connectivity index (χ1v) is 10.5. The van der Waals surface area contributed by atoms with E-state index in [4.69, 9.17) is 4.74 Å². The van der Waals surface area contributed by atoms with Gasteiger partial charge in [-0.1, -0.05) is 31.0 Å². The maximum atomic E-state index is 12.5. The Hall–Kier alpha value is -2.70. The third-order valence-electron chi connectivity index (χ3n) is 6.24. The number of hydrogen-bond donors (Lipinski definition) is 0. The maximum absolute atomic E-state index is 12.5. The number of para-hydroxylation sites is 1. The van der Waals surface area contributed by atoms with Crippen molar-refractivity contribution in [3.63, 3.8) is 0 Å². The smallest absolute Gasteiger partial charge is 0.308 e. The Morgan fingerprint density at radius 2 is 1.69 bits per heavy atom. The first kappa shape index (κ1) is 19.6. The molecule has 1 saturated heterocycles. The number of aryl methyl sites for hydroxylation is 1. The van der Waals surface area contributed by atoms with Gasteiger partial charge in [-0.2, -0.15) is 0 Å². The molecule has 1 aromatic carbocycles. The van der Waals surface area contributed by atoms with Gasteiger partial charge in [0.05, 0.1) is 18.3 Å². The lowest BCUT2D eigenvalue weighted by atomic mass is 9.81. The summed E-state index contributed by atoms with van der Waals surface area (Å²) in [4.78, 5) is 52.4. The van der Waals surface area contributed by atoms with Crippen LogP contribution in [0.3, 0.4) is 0 Å². The summed E-state index contributed by atoms with van der Waals surface area (Å²) in [6.45, 7) is 0.303. The van der Waals surface area contributed by atoms with Crippen molar-refractivity contribution >= 4 is 29.4 Å². The fourth-order valence-corrected chi connectivity index (χ4v) is 4.74. The van der Waals surface area contributed by atoms with Crippen LogP contribution < -0.4 is 4.90 Å². The standard InChI is InChI=1S/C22H26N2O5/c25-19(23-12-5-7-15-6-1-4-10-18(15)23)14-29-20(26)11-13-24-21(27)16-8-2-3-9-17(16)22(24)28/h1,4,6,10,16-17H,2-3,5,7-9,11-14H2/t16-,17-/m0/s1. The second kappa shape index (κ2) is 8.35. The molecule has 1 aliphatic carbocycles. The molecule has 0 N–H and O–H groups in total. The number of anilines is 1. The lowest BCUT2D eigenvalue weighted by Crippen LogP contribution is -2.38. The minimum Gasteiger partial charge on any atom is -0.455 e. The highest BCUT2D eigenvalue weighted by Crippen LogP contribution is 2.38. The number of rotatable bonds is 5. The zero-order chi connectivity index (χ0) is 20.4. The summed E-state index contributed by atoms with van der Waals surface area (Å²) in [5.74, 6) is -1.58. The Kier molecular flexibility index (Phi) is 5.65. The zero-order valence-electron chi connectivity index (χ0n) is 16.5. The second-order valence-corrected chi connectivity index (χ2v) is 8.01. The molecule has 3 aliphatic rings. The van der Waals surface area contributed by atoms with Crippen molar-refractivity contribution in [2.75, 3.05) is 24.6 Å². The SMILES string of the molecule is O=C(CCN1C(=O)[C@H]2CCCC[C@@H]2C1=O)OCC(=O)N1CCCc2ccccc21. The van der Waals surface area contributed by atoms with Crippen LogP contribution >= 0.6 is 0 Å². The number of nitrogens with zero attached hydrogens (tertiary/aromatic N) is 2. The summed E-state index contributed by atoms with van der Waals surface area (Å²) in [6, 6.07) is 7.74. The van der Waals surface area contributed by atoms with E-state index >= 15 is 0 Å². The Balaban J connectivity index is 1.27. The average Bonchev–Trinajstić information content (AvgIpc) is 3.00. The molecule has 0 unspecified atom stereocenters. The molecule has 2 fully saturated rings. The molecule has 0 aromatic heterocycles. The quantitative estimate of drug-likeness (QED) is 0.560. The van der Waals surface area contributed by atoms with Crippen LogP contribution in [0, 0.1) is 11.8 Å². The number of carbonyl (C=O) groups excluding carboxylic acids is 4. The molecule has 0 bridgehead atoms. The van der Waals surface area contributed by atoms with Crippen LogP contribution in [0.2, 0.25) is 0 Å². The van der Waals surface area contributed by atoms with Crippen LogP contribution in [0.15, 0.2) is 24.3 Å². The van der Waals surface area contributed by atoms with Gasteiger partial charge in [-0.25, -0.2) is 0 Å². The fraction of sp³-hybridized carbons (Fsp3) is 0.545. The minimum atomic E-state index is -0.570. The van der Waals surface area contributed by atoms with E-state index in [1.807, 2.05) is 24.3 Å². The molecule has 2 heterocycles. The van der Waals surface area contributed by atoms with Crippen molar-refractivity contribution < 1.29 is 23.9 Å². The number of amides is 3. The molecule has 154 valence electrons. The summed E-state index contributed by atoms with van der Waals surface area (Å²) in [6.07, 6.45) is 5.16. The van der Waals surface area contributed by atoms with Gasteiger partial charge < -0.3 is 9.64 Å². The Labute approximate surface area is 170 Å². The van der Waals surface area contributed by atoms with Gasteiger partial charge in [0, 0.05) is 18.8 Å². The molecule has 4 rings (SSSR count). The normalized spacial score (nSPS) is 23.6. The number of carbonyl (C=O) groups is 4. The maximum Gasteiger partial charge on any atom is 0.308 e. The van der Waals surface area contributed by atoms with E-state index in [0.717, 1.165) is 49.8 Å². The molecule has 3 amide bonds. The van der Waals surface area contributed by atoms with Crippen molar-refractivity contribution in [1.29, 1.82) is 0 Å². The van der Waals surface area contributed by atoms with Gasteiger partial charge in [0.2, 0.25) is 11.8 Å². The van der Waals surface area contributed by atoms with E-state index in [-0.39, 0.29) is 49.1 Å². The third kappa shape index (κ3) is 3.91. The van der Waals surface area contributed by atoms with E-state index in [1.54, 1.807) is 4.90 Å². The number of esters is 1. The van der Waals surface area contributed by atoms with Gasteiger partial charge in [0.15, 0.2) is 6.61 Å². The van der Waals surface area contributed by atoms with E-state index in [0.29, 0.717) is 6.54 Å². The van der Waals surface area contributed by atoms with Crippen LogP contribution in [-0.4, -0.2) is 48.3 Å². The highest BCUT2D eigenvalue weighted by atomic mass is 16.5. The number of hydrogen-bond acceptors (Lipinski definition) is 5. The van der Waals surface area contributed by atoms with Crippen molar-refractivity contribution in [2.45, 2.75) is 44.9 Å². The predicted octanol–water partition coefficient (Wildman–Crippen LogP) is 2.07. The van der Waals surface area contributed by atoms with Crippen LogP contribution in [0.1, 0.15) is 44.1 Å². The highest BCUT2D eigenvalue weighted by molar-refractivity contribution is 6.05. The average molecular weight is 398 g/mol. The molecule has 29 heavy (non-hydrogen) atoms. The van der Waals surface area contributed by atoms with Crippen molar-refractivity contribution in [3.05, 3.63) is 29.8 Å². The van der Waals surface area contributed by atoms with E-state index in [2.05, 4.69) is 0 Å². The fourth-order valence-electron chi connectivity index (χ4n) is 4.74. The Morgan fingerprint density at radius 3 is 2.41 bits per heavy atom. The lowest BCUT2D eigenvalue weighted by molar-refractivity contribution is -0.149. The van der Waals surface area contributed by atoms with Crippen molar-refractivity contribution in [2.24, 2.45) is 11.8 Å².